The zero-order valence-corrected chi connectivity index (χ0v) is 16.3. The van der Waals surface area contributed by atoms with Crippen molar-refractivity contribution in [3.63, 3.8) is 0 Å². The maximum absolute atomic E-state index is 4.83. The van der Waals surface area contributed by atoms with E-state index in [1.54, 1.807) is 6.33 Å². The highest BCUT2D eigenvalue weighted by molar-refractivity contribution is 5.84. The summed E-state index contributed by atoms with van der Waals surface area (Å²) >= 11 is 0. The third kappa shape index (κ3) is 2.93. The molecule has 30 heavy (non-hydrogen) atoms. The number of benzene rings is 2. The zero-order valence-electron chi connectivity index (χ0n) is 16.3. The Morgan fingerprint density at radius 2 is 1.83 bits per heavy atom. The maximum atomic E-state index is 4.83. The lowest BCUT2D eigenvalue weighted by Crippen LogP contribution is -2.31. The topological polar surface area (TPSA) is 98.4 Å². The summed E-state index contributed by atoms with van der Waals surface area (Å²) in [6.07, 6.45) is 2.64. The molecule has 1 aliphatic rings. The molecule has 6 rings (SSSR count). The van der Waals surface area contributed by atoms with Gasteiger partial charge in [-0.25, -0.2) is 9.97 Å². The first-order valence-electron chi connectivity index (χ1n) is 10.0. The first-order chi connectivity index (χ1) is 14.8. The highest BCUT2D eigenvalue weighted by atomic mass is 15.3. The third-order valence-corrected chi connectivity index (χ3v) is 5.55. The van der Waals surface area contributed by atoms with Gasteiger partial charge in [0.2, 0.25) is 5.95 Å². The van der Waals surface area contributed by atoms with Crippen molar-refractivity contribution in [1.29, 1.82) is 0 Å². The molecule has 5 aromatic rings. The number of nitrogens with zero attached hydrogens (tertiary/aromatic N) is 5. The molecule has 8 heteroatoms. The van der Waals surface area contributed by atoms with Gasteiger partial charge in [0.1, 0.15) is 11.3 Å². The number of hydrogen-bond donors (Lipinski definition) is 3. The van der Waals surface area contributed by atoms with E-state index in [9.17, 15) is 0 Å². The fourth-order valence-electron chi connectivity index (χ4n) is 4.01. The molecule has 2 aromatic carbocycles. The number of fused-ring (bicyclic) bond motifs is 3. The van der Waals surface area contributed by atoms with Gasteiger partial charge in [0.15, 0.2) is 11.5 Å². The Bertz CT molecular complexity index is 1320. The Morgan fingerprint density at radius 1 is 0.967 bits per heavy atom. The van der Waals surface area contributed by atoms with Crippen LogP contribution in [-0.2, 0) is 19.5 Å². The molecule has 0 saturated carbocycles. The molecule has 0 atom stereocenters. The Labute approximate surface area is 172 Å². The minimum atomic E-state index is 0.530. The van der Waals surface area contributed by atoms with Crippen LogP contribution in [0.5, 0.6) is 0 Å². The van der Waals surface area contributed by atoms with E-state index in [4.69, 9.17) is 9.97 Å². The number of anilines is 2. The van der Waals surface area contributed by atoms with Crippen molar-refractivity contribution in [2.45, 2.75) is 19.5 Å². The molecule has 0 radical (unpaired) electrons. The van der Waals surface area contributed by atoms with E-state index >= 15 is 0 Å². The van der Waals surface area contributed by atoms with E-state index in [-0.39, 0.29) is 0 Å². The summed E-state index contributed by atoms with van der Waals surface area (Å²) in [5, 5.41) is 3.41. The van der Waals surface area contributed by atoms with Gasteiger partial charge in [0.05, 0.1) is 23.9 Å². The van der Waals surface area contributed by atoms with Crippen molar-refractivity contribution >= 4 is 34.0 Å². The molecule has 0 saturated heterocycles. The molecule has 1 aliphatic heterocycles. The van der Waals surface area contributed by atoms with Gasteiger partial charge in [-0.15, -0.1) is 0 Å². The Kier molecular flexibility index (Phi) is 3.87. The number of rotatable bonds is 4. The van der Waals surface area contributed by atoms with Crippen molar-refractivity contribution in [3.05, 3.63) is 71.8 Å². The summed E-state index contributed by atoms with van der Waals surface area (Å²) in [7, 11) is 0. The van der Waals surface area contributed by atoms with E-state index < -0.39 is 0 Å². The highest BCUT2D eigenvalue weighted by Gasteiger charge is 2.20. The maximum Gasteiger partial charge on any atom is 0.229 e. The van der Waals surface area contributed by atoms with E-state index in [0.717, 1.165) is 47.7 Å². The van der Waals surface area contributed by atoms with Crippen LogP contribution >= 0.6 is 0 Å². The van der Waals surface area contributed by atoms with Crippen LogP contribution in [-0.4, -0.2) is 36.4 Å². The fraction of sp³-hybridized carbons (Fsp3) is 0.182. The van der Waals surface area contributed by atoms with Crippen LogP contribution in [0.15, 0.2) is 54.9 Å². The molecule has 8 nitrogen and oxygen atoms in total. The molecular weight excluding hydrogens is 376 g/mol. The minimum absolute atomic E-state index is 0.530. The van der Waals surface area contributed by atoms with E-state index in [1.165, 1.54) is 11.1 Å². The van der Waals surface area contributed by atoms with Crippen LogP contribution in [0, 0.1) is 0 Å². The molecule has 0 unspecified atom stereocenters. The zero-order chi connectivity index (χ0) is 19.9. The molecule has 3 N–H and O–H groups in total. The van der Waals surface area contributed by atoms with Gasteiger partial charge in [0.25, 0.3) is 0 Å². The second kappa shape index (κ2) is 6.84. The molecule has 0 amide bonds. The number of aromatic amines is 2. The number of imidazole rings is 2. The van der Waals surface area contributed by atoms with E-state index in [0.29, 0.717) is 18.1 Å². The van der Waals surface area contributed by atoms with Crippen molar-refractivity contribution < 1.29 is 0 Å². The smallest absolute Gasteiger partial charge is 0.229 e. The van der Waals surface area contributed by atoms with Crippen LogP contribution in [0.25, 0.3) is 22.2 Å². The molecule has 0 fully saturated rings. The van der Waals surface area contributed by atoms with E-state index in [1.807, 2.05) is 24.3 Å². The van der Waals surface area contributed by atoms with Crippen LogP contribution < -0.4 is 10.2 Å². The summed E-state index contributed by atoms with van der Waals surface area (Å²) in [4.78, 5) is 27.2. The van der Waals surface area contributed by atoms with Gasteiger partial charge in [0, 0.05) is 13.1 Å². The van der Waals surface area contributed by atoms with Crippen molar-refractivity contribution in [3.8, 4) is 0 Å². The van der Waals surface area contributed by atoms with Crippen molar-refractivity contribution in [1.82, 2.24) is 29.9 Å². The monoisotopic (exact) mass is 396 g/mol. The third-order valence-electron chi connectivity index (χ3n) is 5.55. The highest BCUT2D eigenvalue weighted by Crippen LogP contribution is 2.26. The van der Waals surface area contributed by atoms with Gasteiger partial charge in [-0.05, 0) is 29.7 Å². The summed E-state index contributed by atoms with van der Waals surface area (Å²) in [5.74, 6) is 2.28. The average Bonchev–Trinajstić information content (AvgIpc) is 3.43. The van der Waals surface area contributed by atoms with E-state index in [2.05, 4.69) is 54.4 Å². The molecule has 0 aliphatic carbocycles. The molecule has 148 valence electrons. The summed E-state index contributed by atoms with van der Waals surface area (Å²) in [5.41, 5.74) is 6.16. The van der Waals surface area contributed by atoms with Crippen molar-refractivity contribution in [2.24, 2.45) is 0 Å². The normalized spacial score (nSPS) is 13.7. The van der Waals surface area contributed by atoms with Crippen LogP contribution in [0.1, 0.15) is 17.0 Å². The lowest BCUT2D eigenvalue weighted by atomic mass is 10.0. The average molecular weight is 396 g/mol. The quantitative estimate of drug-likeness (QED) is 0.431. The largest absolute Gasteiger partial charge is 0.361 e. The van der Waals surface area contributed by atoms with Gasteiger partial charge < -0.3 is 20.2 Å². The van der Waals surface area contributed by atoms with Crippen LogP contribution in [0.3, 0.4) is 0 Å². The summed E-state index contributed by atoms with van der Waals surface area (Å²) in [6, 6.07) is 16.6. The minimum Gasteiger partial charge on any atom is -0.361 e. The van der Waals surface area contributed by atoms with Gasteiger partial charge in [-0.3, -0.25) is 0 Å². The first kappa shape index (κ1) is 17.0. The number of hydrogen-bond acceptors (Lipinski definition) is 6. The molecular formula is C22H20N8. The number of H-pyrrole nitrogens is 2. The molecule has 3 aromatic heterocycles. The lowest BCUT2D eigenvalue weighted by Gasteiger charge is -2.29. The fourth-order valence-corrected chi connectivity index (χ4v) is 4.01. The first-order valence-corrected chi connectivity index (χ1v) is 10.0. The number of para-hydroxylation sites is 2. The standard InChI is InChI=1S/C22H20N8/c1-2-6-15-12-30(10-9-14(15)5-1)22-28-20(19-21(29-22)25-13-24-19)23-11-18-26-16-7-3-4-8-17(16)27-18/h1-8,13H,9-12H2,(H,26,27)(H2,23,24,25,28,29). The van der Waals surface area contributed by atoms with Gasteiger partial charge in [-0.2, -0.15) is 9.97 Å². The SMILES string of the molecule is c1ccc2c(c1)CCN(c1nc(NCc3nc4ccccc4[nH]3)c3[nH]cnc3n1)C2. The molecule has 4 heterocycles. The molecule has 0 spiro atoms. The van der Waals surface area contributed by atoms with Crippen LogP contribution in [0.2, 0.25) is 0 Å². The summed E-state index contributed by atoms with van der Waals surface area (Å²) < 4.78 is 0. The predicted molar refractivity (Wildman–Crippen MR) is 116 cm³/mol. The Hall–Kier alpha value is -3.94. The second-order valence-corrected chi connectivity index (χ2v) is 7.47. The number of aromatic nitrogens is 6. The lowest BCUT2D eigenvalue weighted by molar-refractivity contribution is 0.709. The summed E-state index contributed by atoms with van der Waals surface area (Å²) in [6.45, 7) is 2.22. The number of nitrogens with one attached hydrogen (secondary N) is 3. The Morgan fingerprint density at radius 3 is 2.77 bits per heavy atom. The second-order valence-electron chi connectivity index (χ2n) is 7.47. The van der Waals surface area contributed by atoms with Gasteiger partial charge in [-0.1, -0.05) is 36.4 Å². The van der Waals surface area contributed by atoms with Gasteiger partial charge >= 0.3 is 0 Å². The van der Waals surface area contributed by atoms with Crippen molar-refractivity contribution in [2.75, 3.05) is 16.8 Å². The predicted octanol–water partition coefficient (Wildman–Crippen LogP) is 3.40. The molecule has 0 bridgehead atoms. The Balaban J connectivity index is 1.30. The van der Waals surface area contributed by atoms with Crippen LogP contribution in [0.4, 0.5) is 11.8 Å².